The number of phenols is 2. The first kappa shape index (κ1) is 62.7. The fraction of sp³-hybridized carbons (Fsp3) is 0.685. The van der Waals surface area contributed by atoms with Gasteiger partial charge in [0, 0.05) is 78.3 Å². The maximum Gasteiger partial charge on any atom is 0.189 e. The molecule has 0 amide bonds. The number of ether oxygens (including phenoxy) is 1. The van der Waals surface area contributed by atoms with Crippen molar-refractivity contribution in [3.63, 3.8) is 0 Å². The second-order valence-electron chi connectivity index (χ2n) is 29.8. The molecule has 16 atom stereocenters. The van der Waals surface area contributed by atoms with Gasteiger partial charge in [0.2, 0.25) is 0 Å². The number of phenolic OH excluding ortho intramolecular Hbond substituents is 2. The number of aliphatic hydroxyl groups is 3. The van der Waals surface area contributed by atoms with Crippen LogP contribution in [0.5, 0.6) is 17.2 Å². The van der Waals surface area contributed by atoms with E-state index in [4.69, 9.17) is 25.6 Å². The number of aromatic hydroxyl groups is 2. The molecule has 13 nitrogen and oxygen atoms in total. The number of H-pyrrole nitrogens is 1. The number of aliphatic hydroxyl groups excluding tert-OH is 3. The van der Waals surface area contributed by atoms with Crippen LogP contribution in [0.1, 0.15) is 218 Å². The molecule has 1 saturated heterocycles. The zero-order chi connectivity index (χ0) is 60.7. The molecule has 10 aliphatic rings. The van der Waals surface area contributed by atoms with Gasteiger partial charge in [0.25, 0.3) is 0 Å². The van der Waals surface area contributed by atoms with Crippen molar-refractivity contribution in [3.8, 4) is 17.2 Å². The topological polar surface area (TPSA) is 228 Å². The lowest BCUT2D eigenvalue weighted by molar-refractivity contribution is 0.0440. The highest BCUT2D eigenvalue weighted by molar-refractivity contribution is 8.76. The summed E-state index contributed by atoms with van der Waals surface area (Å²) in [7, 11) is 3.98. The minimum absolute atomic E-state index is 0.00695. The quantitative estimate of drug-likeness (QED) is 0.0194. The first-order valence-electron chi connectivity index (χ1n) is 34.7. The van der Waals surface area contributed by atoms with Crippen molar-refractivity contribution in [2.75, 3.05) is 31.2 Å². The van der Waals surface area contributed by atoms with E-state index in [0.717, 1.165) is 84.9 Å². The number of furan rings is 1. The fourth-order valence-electron chi connectivity index (χ4n) is 20.6. The number of hydrogen-bond acceptors (Lipinski definition) is 12. The average Bonchev–Trinajstić information content (AvgIpc) is 1.53. The molecule has 480 valence electrons. The zero-order valence-electron chi connectivity index (χ0n) is 52.7. The van der Waals surface area contributed by atoms with E-state index in [2.05, 4.69) is 46.8 Å². The Morgan fingerprint density at radius 2 is 1.67 bits per heavy atom. The molecule has 0 radical (unpaired) electrons. The highest BCUT2D eigenvalue weighted by Crippen LogP contribution is 2.72. The third-order valence-electron chi connectivity index (χ3n) is 24.9. The Balaban J connectivity index is 0.615. The summed E-state index contributed by atoms with van der Waals surface area (Å²) >= 11 is 0. The Morgan fingerprint density at radius 1 is 0.852 bits per heavy atom. The first-order valence-corrected chi connectivity index (χ1v) is 37.2. The molecule has 4 aromatic rings. The minimum atomic E-state index is -0.920. The van der Waals surface area contributed by atoms with Gasteiger partial charge in [-0.15, -0.1) is 0 Å². The summed E-state index contributed by atoms with van der Waals surface area (Å²) < 4.78 is 12.9. The molecule has 6 saturated carbocycles. The summed E-state index contributed by atoms with van der Waals surface area (Å²) in [5.41, 5.74) is 21.2. The minimum Gasteiger partial charge on any atom is -0.508 e. The molecule has 14 rings (SSSR count). The van der Waals surface area contributed by atoms with Crippen LogP contribution in [0.4, 0.5) is 0 Å². The van der Waals surface area contributed by atoms with E-state index < -0.39 is 12.2 Å². The fourth-order valence-corrected chi connectivity index (χ4v) is 23.5. The van der Waals surface area contributed by atoms with Gasteiger partial charge in [-0.1, -0.05) is 97.4 Å². The van der Waals surface area contributed by atoms with Crippen molar-refractivity contribution in [1.29, 1.82) is 0 Å². The predicted octanol–water partition coefficient (Wildman–Crippen LogP) is 13.4. The maximum atomic E-state index is 11.9. The molecule has 6 bridgehead atoms. The van der Waals surface area contributed by atoms with Gasteiger partial charge in [-0.3, -0.25) is 0 Å². The van der Waals surface area contributed by atoms with E-state index in [1.807, 2.05) is 58.8 Å². The molecule has 16 unspecified atom stereocenters. The number of aliphatic imine (C=N–C) groups is 1. The van der Waals surface area contributed by atoms with Crippen LogP contribution in [-0.2, 0) is 25.9 Å². The van der Waals surface area contributed by atoms with E-state index in [9.17, 15) is 25.5 Å². The van der Waals surface area contributed by atoms with E-state index in [-0.39, 0.29) is 53.8 Å². The van der Waals surface area contributed by atoms with Crippen LogP contribution in [-0.4, -0.2) is 91.9 Å². The number of aromatic amines is 1. The summed E-state index contributed by atoms with van der Waals surface area (Å²) in [4.78, 5) is 9.10. The Kier molecular flexibility index (Phi) is 19.1. The van der Waals surface area contributed by atoms with Crippen molar-refractivity contribution in [2.45, 2.75) is 223 Å². The molecule has 15 heteroatoms. The van der Waals surface area contributed by atoms with Crippen LogP contribution in [0.25, 0.3) is 0 Å². The lowest BCUT2D eigenvalue weighted by atomic mass is 9.52. The molecule has 7 fully saturated rings. The van der Waals surface area contributed by atoms with Crippen LogP contribution < -0.4 is 26.8 Å². The second kappa shape index (κ2) is 26.9. The standard InChI is InChI=1S/C73H104N6O7S2/c1-44-12-18-54-49-31-46(14-19-55(54)57(61(74)35-49)42-87-88-43-63(44)79-70(75)77-51-22-29-71(24-3-4-25-71)59(36-51)48-9-7-10-52(82)33-48)16-21-66-50(40-80)34-53(86-66)17-13-47-15-20-64(83)67(32-47)85-41-65(84)62-37-56-60(39-76-38-45(2)81)73-28-8-11-68(73)72(26-5-6-27-72)58(23-30-73)69(56)78-62/h7,9-10,15,20,23,30,32-34,37,44-46,49,51,54-55,57-61,63,65,68,76,78,80-84H,3-6,8,11-14,16-19,21-22,24-29,31,35-36,38-43,74H2,1-2H3,(H3,75,77,79). The SMILES string of the molecule is CC(O)CNCC1c2cc(C(O)COc3cc(CCc4cc(CO)c(CCC5CCC6C7CSSCC(N=C(N)NC8CCC9(CCCC9)C(c9cccc(O)c9)C8)C(C)CCC6C(C5)CC7N)o4)ccc3O)[nH]c2C2C=CC13CCCC3C21CCCC1. The Bertz CT molecular complexity index is 3080. The van der Waals surface area contributed by atoms with E-state index in [1.165, 1.54) is 120 Å². The van der Waals surface area contributed by atoms with Crippen LogP contribution in [0, 0.1) is 57.7 Å². The third-order valence-corrected chi connectivity index (χ3v) is 27.4. The van der Waals surface area contributed by atoms with Gasteiger partial charge in [0.1, 0.15) is 30.0 Å². The highest BCUT2D eigenvalue weighted by atomic mass is 33.1. The number of hydrogen-bond donors (Lipinski definition) is 10. The summed E-state index contributed by atoms with van der Waals surface area (Å²) in [5.74, 6) is 10.1. The van der Waals surface area contributed by atoms with Gasteiger partial charge in [-0.25, -0.2) is 4.99 Å². The molecule has 2 aromatic heterocycles. The second-order valence-corrected chi connectivity index (χ2v) is 32.4. The zero-order valence-corrected chi connectivity index (χ0v) is 54.3. The molecular weight excluding hydrogens is 1140 g/mol. The lowest BCUT2D eigenvalue weighted by Gasteiger charge is -2.52. The maximum absolute atomic E-state index is 11.9. The number of nitrogens with one attached hydrogen (secondary N) is 3. The van der Waals surface area contributed by atoms with Crippen molar-refractivity contribution < 1.29 is 34.7 Å². The van der Waals surface area contributed by atoms with Crippen LogP contribution in [0.15, 0.2) is 76.2 Å². The number of nitrogens with zero attached hydrogens (tertiary/aromatic N) is 1. The number of nitrogens with two attached hydrogens (primary N) is 2. The summed E-state index contributed by atoms with van der Waals surface area (Å²) in [6, 6.07) is 18.4. The van der Waals surface area contributed by atoms with Crippen molar-refractivity contribution >= 4 is 27.5 Å². The molecule has 88 heavy (non-hydrogen) atoms. The number of guanidine groups is 1. The van der Waals surface area contributed by atoms with E-state index in [1.54, 1.807) is 12.1 Å². The van der Waals surface area contributed by atoms with Gasteiger partial charge in [-0.05, 0) is 226 Å². The molecule has 12 N–H and O–H groups in total. The van der Waals surface area contributed by atoms with Gasteiger partial charge in [0.15, 0.2) is 17.5 Å². The molecule has 1 aliphatic heterocycles. The third kappa shape index (κ3) is 12.6. The van der Waals surface area contributed by atoms with E-state index >= 15 is 0 Å². The monoisotopic (exact) mass is 1240 g/mol. The molecule has 9 aliphatic carbocycles. The summed E-state index contributed by atoms with van der Waals surface area (Å²) in [5, 5.41) is 61.6. The molecule has 3 spiro atoms. The molecule has 2 aromatic carbocycles. The van der Waals surface area contributed by atoms with Gasteiger partial charge >= 0.3 is 0 Å². The largest absolute Gasteiger partial charge is 0.508 e. The number of rotatable bonds is 18. The summed E-state index contributed by atoms with van der Waals surface area (Å²) in [6.07, 6.45) is 31.2. The lowest BCUT2D eigenvalue weighted by Crippen LogP contribution is -2.47. The van der Waals surface area contributed by atoms with Crippen molar-refractivity contribution in [2.24, 2.45) is 74.1 Å². The van der Waals surface area contributed by atoms with Gasteiger partial charge in [0.05, 0.1) is 18.8 Å². The van der Waals surface area contributed by atoms with Crippen molar-refractivity contribution in [1.82, 2.24) is 15.6 Å². The molecular formula is C73H104N6O7S2. The average molecular weight is 1240 g/mol. The number of aryl methyl sites for hydroxylation is 3. The first-order chi connectivity index (χ1) is 42.7. The Morgan fingerprint density at radius 3 is 2.49 bits per heavy atom. The highest BCUT2D eigenvalue weighted by Gasteiger charge is 2.64. The number of aromatic nitrogens is 1. The smallest absolute Gasteiger partial charge is 0.189 e. The van der Waals surface area contributed by atoms with Gasteiger partial charge < -0.3 is 61.8 Å². The summed E-state index contributed by atoms with van der Waals surface area (Å²) in [6.45, 7) is 5.52. The van der Waals surface area contributed by atoms with E-state index in [0.29, 0.717) is 95.5 Å². The molecule has 3 heterocycles. The number of allylic oxidation sites excluding steroid dienone is 2. The Hall–Kier alpha value is -4.09. The normalized spacial score (nSPS) is 34.0. The predicted molar refractivity (Wildman–Crippen MR) is 355 cm³/mol. The van der Waals surface area contributed by atoms with Crippen LogP contribution in [0.2, 0.25) is 0 Å². The van der Waals surface area contributed by atoms with Crippen molar-refractivity contribution in [3.05, 3.63) is 112 Å². The van der Waals surface area contributed by atoms with Gasteiger partial charge in [-0.2, -0.15) is 0 Å². The number of benzene rings is 2. The Labute approximate surface area is 532 Å². The van der Waals surface area contributed by atoms with Crippen LogP contribution >= 0.6 is 21.6 Å². The van der Waals surface area contributed by atoms with Crippen LogP contribution in [0.3, 0.4) is 0 Å².